The van der Waals surface area contributed by atoms with Crippen molar-refractivity contribution in [2.24, 2.45) is 5.73 Å². The van der Waals surface area contributed by atoms with Crippen LogP contribution in [0.3, 0.4) is 0 Å². The first kappa shape index (κ1) is 16.2. The molecule has 0 saturated heterocycles. The number of amides is 1. The zero-order chi connectivity index (χ0) is 16.2. The predicted molar refractivity (Wildman–Crippen MR) is 85.5 cm³/mol. The van der Waals surface area contributed by atoms with Gasteiger partial charge in [0.05, 0.1) is 6.04 Å². The fraction of sp³-hybridized carbons (Fsp3) is 0.188. The molecule has 22 heavy (non-hydrogen) atoms. The topological polar surface area (TPSA) is 80.5 Å². The first-order valence-electron chi connectivity index (χ1n) is 6.76. The van der Waals surface area contributed by atoms with E-state index < -0.39 is 27.7 Å². The maximum atomic E-state index is 12.4. The van der Waals surface area contributed by atoms with Crippen molar-refractivity contribution in [1.29, 1.82) is 0 Å². The smallest absolute Gasteiger partial charge is 0.234 e. The molecule has 0 spiro atoms. The van der Waals surface area contributed by atoms with Crippen molar-refractivity contribution in [3.8, 4) is 0 Å². The lowest BCUT2D eigenvalue weighted by atomic mass is 9.99. The summed E-state index contributed by atoms with van der Waals surface area (Å²) in [6.07, 6.45) is 0. The van der Waals surface area contributed by atoms with E-state index in [1.165, 1.54) is 11.4 Å². The number of sulfonamides is 1. The molecule has 2 aromatic rings. The van der Waals surface area contributed by atoms with Crippen LogP contribution in [0.1, 0.15) is 17.2 Å². The van der Waals surface area contributed by atoms with Gasteiger partial charge in [-0.1, -0.05) is 60.7 Å². The van der Waals surface area contributed by atoms with Crippen molar-refractivity contribution in [3.63, 3.8) is 0 Å². The largest absolute Gasteiger partial charge is 0.369 e. The van der Waals surface area contributed by atoms with E-state index in [2.05, 4.69) is 0 Å². The number of hydrogen-bond acceptors (Lipinski definition) is 3. The lowest BCUT2D eigenvalue weighted by molar-refractivity contribution is -0.115. The van der Waals surface area contributed by atoms with Crippen molar-refractivity contribution >= 4 is 15.9 Å². The molecule has 0 aliphatic carbocycles. The lowest BCUT2D eigenvalue weighted by Crippen LogP contribution is -2.37. The molecule has 2 rings (SSSR count). The Kier molecular flexibility index (Phi) is 4.95. The van der Waals surface area contributed by atoms with Gasteiger partial charge in [-0.2, -0.15) is 4.31 Å². The summed E-state index contributed by atoms with van der Waals surface area (Å²) in [4.78, 5) is 11.0. The minimum Gasteiger partial charge on any atom is -0.369 e. The number of nitrogens with zero attached hydrogens (tertiary/aromatic N) is 1. The molecule has 1 amide bonds. The molecule has 0 fully saturated rings. The number of primary amides is 1. The minimum absolute atomic E-state index is 0.508. The van der Waals surface area contributed by atoms with Crippen LogP contribution in [0, 0.1) is 0 Å². The zero-order valence-corrected chi connectivity index (χ0v) is 13.0. The van der Waals surface area contributed by atoms with E-state index in [9.17, 15) is 13.2 Å². The van der Waals surface area contributed by atoms with E-state index >= 15 is 0 Å². The summed E-state index contributed by atoms with van der Waals surface area (Å²) in [6.45, 7) is 0. The minimum atomic E-state index is -3.80. The summed E-state index contributed by atoms with van der Waals surface area (Å²) < 4.78 is 25.9. The van der Waals surface area contributed by atoms with E-state index in [0.717, 1.165) is 11.1 Å². The maximum Gasteiger partial charge on any atom is 0.234 e. The number of nitrogens with two attached hydrogens (primary N) is 1. The van der Waals surface area contributed by atoms with Crippen molar-refractivity contribution in [2.75, 3.05) is 12.8 Å². The van der Waals surface area contributed by atoms with Gasteiger partial charge in [0, 0.05) is 7.05 Å². The highest BCUT2D eigenvalue weighted by Gasteiger charge is 2.29. The first-order valence-corrected chi connectivity index (χ1v) is 8.36. The molecule has 0 heterocycles. The number of benzene rings is 2. The second-order valence-corrected chi connectivity index (χ2v) is 6.99. The number of hydrogen-bond donors (Lipinski definition) is 1. The van der Waals surface area contributed by atoms with Gasteiger partial charge in [0.1, 0.15) is 5.75 Å². The van der Waals surface area contributed by atoms with Crippen LogP contribution >= 0.6 is 0 Å². The van der Waals surface area contributed by atoms with Gasteiger partial charge in [0.25, 0.3) is 0 Å². The molecule has 116 valence electrons. The zero-order valence-electron chi connectivity index (χ0n) is 12.2. The molecule has 2 aromatic carbocycles. The molecule has 0 bridgehead atoms. The van der Waals surface area contributed by atoms with E-state index in [0.29, 0.717) is 0 Å². The Morgan fingerprint density at radius 2 is 1.41 bits per heavy atom. The fourth-order valence-corrected chi connectivity index (χ4v) is 3.45. The van der Waals surface area contributed by atoms with Gasteiger partial charge in [-0.05, 0) is 11.1 Å². The predicted octanol–water partition coefficient (Wildman–Crippen LogP) is 1.52. The summed E-state index contributed by atoms with van der Waals surface area (Å²) in [6, 6.07) is 18.0. The second-order valence-electron chi connectivity index (χ2n) is 4.96. The molecule has 0 radical (unpaired) electrons. The van der Waals surface area contributed by atoms with Gasteiger partial charge in [0.2, 0.25) is 15.9 Å². The fourth-order valence-electron chi connectivity index (χ4n) is 2.33. The Bertz CT molecular complexity index is 691. The summed E-state index contributed by atoms with van der Waals surface area (Å²) in [5, 5.41) is 0. The van der Waals surface area contributed by atoms with Gasteiger partial charge in [0.15, 0.2) is 0 Å². The quantitative estimate of drug-likeness (QED) is 0.877. The highest BCUT2D eigenvalue weighted by atomic mass is 32.2. The highest BCUT2D eigenvalue weighted by molar-refractivity contribution is 7.89. The monoisotopic (exact) mass is 318 g/mol. The van der Waals surface area contributed by atoms with Crippen LogP contribution in [0.15, 0.2) is 60.7 Å². The number of carbonyl (C=O) groups is 1. The van der Waals surface area contributed by atoms with Gasteiger partial charge in [-0.15, -0.1) is 0 Å². The third kappa shape index (κ3) is 3.72. The Hall–Kier alpha value is -2.18. The number of carbonyl (C=O) groups excluding carboxylic acids is 1. The summed E-state index contributed by atoms with van der Waals surface area (Å²) >= 11 is 0. The Morgan fingerprint density at radius 3 is 1.77 bits per heavy atom. The number of rotatable bonds is 6. The van der Waals surface area contributed by atoms with E-state index in [-0.39, 0.29) is 0 Å². The Balaban J connectivity index is 2.48. The van der Waals surface area contributed by atoms with Crippen molar-refractivity contribution in [2.45, 2.75) is 6.04 Å². The molecule has 0 unspecified atom stereocenters. The molecule has 6 heteroatoms. The maximum absolute atomic E-state index is 12.4. The van der Waals surface area contributed by atoms with Crippen molar-refractivity contribution in [1.82, 2.24) is 4.31 Å². The van der Waals surface area contributed by atoms with E-state index in [4.69, 9.17) is 5.73 Å². The summed E-state index contributed by atoms with van der Waals surface area (Å²) in [7, 11) is -2.34. The molecular formula is C16H18N2O3S. The summed E-state index contributed by atoms with van der Waals surface area (Å²) in [5.41, 5.74) is 6.70. The van der Waals surface area contributed by atoms with Crippen LogP contribution < -0.4 is 5.73 Å². The van der Waals surface area contributed by atoms with Crippen molar-refractivity contribution < 1.29 is 13.2 Å². The molecule has 0 aromatic heterocycles. The molecule has 0 atom stereocenters. The highest BCUT2D eigenvalue weighted by Crippen LogP contribution is 2.29. The van der Waals surface area contributed by atoms with Gasteiger partial charge in [-0.25, -0.2) is 8.42 Å². The van der Waals surface area contributed by atoms with Crippen LogP contribution in [0.2, 0.25) is 0 Å². The van der Waals surface area contributed by atoms with Crippen LogP contribution in [-0.2, 0) is 14.8 Å². The second kappa shape index (κ2) is 6.72. The van der Waals surface area contributed by atoms with Gasteiger partial charge in [-0.3, -0.25) is 4.79 Å². The molecule has 0 saturated carbocycles. The average molecular weight is 318 g/mol. The standard InChI is InChI=1S/C16H18N2O3S/c1-18(22(20,21)12-15(17)19)16(13-8-4-2-5-9-13)14-10-6-3-7-11-14/h2-11,16H,12H2,1H3,(H2,17,19). The van der Waals surface area contributed by atoms with E-state index in [1.54, 1.807) is 0 Å². The average Bonchev–Trinajstić information content (AvgIpc) is 2.48. The van der Waals surface area contributed by atoms with Crippen LogP contribution in [-0.4, -0.2) is 31.4 Å². The third-order valence-corrected chi connectivity index (χ3v) is 5.10. The molecule has 0 aliphatic rings. The lowest BCUT2D eigenvalue weighted by Gasteiger charge is -2.28. The molecule has 0 aliphatic heterocycles. The summed E-state index contributed by atoms with van der Waals surface area (Å²) in [5.74, 6) is -1.58. The molecule has 2 N–H and O–H groups in total. The van der Waals surface area contributed by atoms with Crippen LogP contribution in [0.5, 0.6) is 0 Å². The first-order chi connectivity index (χ1) is 10.4. The third-order valence-electron chi connectivity index (χ3n) is 3.36. The Morgan fingerprint density at radius 1 is 1.00 bits per heavy atom. The van der Waals surface area contributed by atoms with Crippen LogP contribution in [0.4, 0.5) is 0 Å². The van der Waals surface area contributed by atoms with E-state index in [1.807, 2.05) is 60.7 Å². The van der Waals surface area contributed by atoms with Gasteiger partial charge >= 0.3 is 0 Å². The molecular weight excluding hydrogens is 300 g/mol. The van der Waals surface area contributed by atoms with Crippen molar-refractivity contribution in [3.05, 3.63) is 71.8 Å². The normalized spacial score (nSPS) is 11.8. The Labute approximate surface area is 130 Å². The van der Waals surface area contributed by atoms with Crippen LogP contribution in [0.25, 0.3) is 0 Å². The molecule has 5 nitrogen and oxygen atoms in total. The SMILES string of the molecule is CN(C(c1ccccc1)c1ccccc1)S(=O)(=O)CC(N)=O. The van der Waals surface area contributed by atoms with Gasteiger partial charge < -0.3 is 5.73 Å².